The quantitative estimate of drug-likeness (QED) is 0.494. The minimum atomic E-state index is -0.817. The average Bonchev–Trinajstić information content (AvgIpc) is 3.10. The molecule has 10 heteroatoms. The predicted molar refractivity (Wildman–Crippen MR) is 124 cm³/mol. The first-order chi connectivity index (χ1) is 14.7. The summed E-state index contributed by atoms with van der Waals surface area (Å²) in [7, 11) is 0. The number of nitrogen functional groups attached to an aromatic ring is 1. The van der Waals surface area contributed by atoms with E-state index >= 15 is 0 Å². The van der Waals surface area contributed by atoms with Crippen molar-refractivity contribution in [1.29, 1.82) is 0 Å². The van der Waals surface area contributed by atoms with Gasteiger partial charge in [-0.05, 0) is 54.6 Å². The number of nitrogens with zero attached hydrogens (tertiary/aromatic N) is 2. The number of anilines is 2. The summed E-state index contributed by atoms with van der Waals surface area (Å²) in [5.74, 6) is -1.17. The zero-order chi connectivity index (χ0) is 23.1. The average molecular weight is 466 g/mol. The van der Waals surface area contributed by atoms with E-state index in [9.17, 15) is 14.4 Å². The van der Waals surface area contributed by atoms with E-state index in [0.717, 1.165) is 18.0 Å². The Balaban J connectivity index is 2.47. The summed E-state index contributed by atoms with van der Waals surface area (Å²) in [5.41, 5.74) is 11.5. The van der Waals surface area contributed by atoms with Crippen LogP contribution in [0.25, 0.3) is 0 Å². The first-order valence-corrected chi connectivity index (χ1v) is 11.2. The van der Waals surface area contributed by atoms with Gasteiger partial charge in [0, 0.05) is 17.3 Å². The summed E-state index contributed by atoms with van der Waals surface area (Å²) >= 11 is 6.80. The lowest BCUT2D eigenvalue weighted by Crippen LogP contribution is -2.50. The fourth-order valence-corrected chi connectivity index (χ4v) is 3.90. The van der Waals surface area contributed by atoms with Gasteiger partial charge in [-0.2, -0.15) is 4.37 Å². The maximum absolute atomic E-state index is 13.5. The molecule has 3 amide bonds. The number of hydrogen-bond donors (Lipinski definition) is 3. The third-order valence-corrected chi connectivity index (χ3v) is 5.78. The lowest BCUT2D eigenvalue weighted by molar-refractivity contribution is -0.122. The van der Waals surface area contributed by atoms with Gasteiger partial charge in [-0.15, -0.1) is 0 Å². The minimum Gasteiger partial charge on any atom is -0.395 e. The van der Waals surface area contributed by atoms with Crippen molar-refractivity contribution in [3.8, 4) is 0 Å². The van der Waals surface area contributed by atoms with Crippen LogP contribution in [0.3, 0.4) is 0 Å². The molecule has 0 aliphatic carbocycles. The van der Waals surface area contributed by atoms with Crippen molar-refractivity contribution in [1.82, 2.24) is 9.69 Å². The van der Waals surface area contributed by atoms with Gasteiger partial charge in [0.25, 0.3) is 11.8 Å². The van der Waals surface area contributed by atoms with Crippen LogP contribution in [-0.2, 0) is 4.79 Å². The second-order valence-electron chi connectivity index (χ2n) is 7.57. The van der Waals surface area contributed by atoms with Crippen LogP contribution in [0.1, 0.15) is 60.2 Å². The molecule has 0 spiro atoms. The second-order valence-corrected chi connectivity index (χ2v) is 8.78. The van der Waals surface area contributed by atoms with Crippen molar-refractivity contribution in [2.75, 3.05) is 17.2 Å². The Morgan fingerprint density at radius 2 is 1.84 bits per heavy atom. The number of amides is 3. The fraction of sp³-hybridized carbons (Fsp3) is 0.429. The van der Waals surface area contributed by atoms with E-state index in [4.69, 9.17) is 23.1 Å². The number of carbonyl (C=O) groups is 3. The zero-order valence-corrected chi connectivity index (χ0v) is 19.4. The highest BCUT2D eigenvalue weighted by molar-refractivity contribution is 7.09. The molecular weight excluding hydrogens is 438 g/mol. The van der Waals surface area contributed by atoms with E-state index in [1.807, 2.05) is 6.92 Å². The van der Waals surface area contributed by atoms with Gasteiger partial charge < -0.3 is 16.8 Å². The van der Waals surface area contributed by atoms with Crippen molar-refractivity contribution in [2.24, 2.45) is 11.7 Å². The third-order valence-electron chi connectivity index (χ3n) is 4.68. The van der Waals surface area contributed by atoms with Gasteiger partial charge in [-0.1, -0.05) is 38.8 Å². The highest BCUT2D eigenvalue weighted by Crippen LogP contribution is 2.29. The topological polar surface area (TPSA) is 131 Å². The fourth-order valence-electron chi connectivity index (χ4n) is 3.03. The van der Waals surface area contributed by atoms with Gasteiger partial charge in [-0.3, -0.25) is 19.3 Å². The molecule has 0 aliphatic heterocycles. The molecular formula is C21H28ClN5O3S. The molecule has 31 heavy (non-hydrogen) atoms. The van der Waals surface area contributed by atoms with Crippen molar-refractivity contribution in [3.63, 3.8) is 0 Å². The Morgan fingerprint density at radius 1 is 1.19 bits per heavy atom. The molecule has 1 aromatic heterocycles. The SMILES string of the molecule is CCC[C@H](C(=O)NCCC(C)C)N(C(=O)c1snc(C(N)=O)c1N)c1ccc(Cl)cc1. The molecule has 168 valence electrons. The van der Waals surface area contributed by atoms with Crippen molar-refractivity contribution < 1.29 is 14.4 Å². The summed E-state index contributed by atoms with van der Waals surface area (Å²) in [4.78, 5) is 39.6. The molecule has 1 aromatic carbocycles. The van der Waals surface area contributed by atoms with Crippen LogP contribution in [0.4, 0.5) is 11.4 Å². The van der Waals surface area contributed by atoms with Crippen LogP contribution in [0.15, 0.2) is 24.3 Å². The van der Waals surface area contributed by atoms with Crippen molar-refractivity contribution >= 4 is 52.2 Å². The number of aromatic nitrogens is 1. The summed E-state index contributed by atoms with van der Waals surface area (Å²) in [6, 6.07) is 5.83. The Kier molecular flexibility index (Phi) is 8.82. The van der Waals surface area contributed by atoms with E-state index in [1.54, 1.807) is 24.3 Å². The number of nitrogens with two attached hydrogens (primary N) is 2. The van der Waals surface area contributed by atoms with Gasteiger partial charge in [-0.25, -0.2) is 0 Å². The zero-order valence-electron chi connectivity index (χ0n) is 17.9. The monoisotopic (exact) mass is 465 g/mol. The van der Waals surface area contributed by atoms with Crippen LogP contribution < -0.4 is 21.7 Å². The van der Waals surface area contributed by atoms with Crippen LogP contribution >= 0.6 is 23.1 Å². The van der Waals surface area contributed by atoms with Crippen LogP contribution in [-0.4, -0.2) is 34.7 Å². The molecule has 1 heterocycles. The molecule has 0 saturated carbocycles. The normalized spacial score (nSPS) is 11.9. The van der Waals surface area contributed by atoms with Gasteiger partial charge in [0.1, 0.15) is 10.9 Å². The number of primary amides is 1. The summed E-state index contributed by atoms with van der Waals surface area (Å²) in [6.07, 6.45) is 1.93. The van der Waals surface area contributed by atoms with E-state index in [-0.39, 0.29) is 22.2 Å². The standard InChI is InChI=1S/C21H28ClN5O3S/c1-4-5-15(20(29)25-11-10-12(2)3)27(14-8-6-13(22)7-9-14)21(30)18-16(23)17(19(24)28)26-31-18/h6-9,12,15H,4-5,10-11,23H2,1-3H3,(H2,24,28)(H,25,29)/t15-/m1/s1. The summed E-state index contributed by atoms with van der Waals surface area (Å²) in [6.45, 7) is 6.59. The molecule has 2 aromatic rings. The largest absolute Gasteiger partial charge is 0.395 e. The molecule has 2 rings (SSSR count). The maximum Gasteiger partial charge on any atom is 0.272 e. The van der Waals surface area contributed by atoms with E-state index in [2.05, 4.69) is 23.5 Å². The third kappa shape index (κ3) is 6.18. The van der Waals surface area contributed by atoms with E-state index in [0.29, 0.717) is 36.0 Å². The molecule has 0 fully saturated rings. The molecule has 0 aliphatic rings. The first-order valence-electron chi connectivity index (χ1n) is 10.1. The molecule has 1 atom stereocenters. The molecule has 0 bridgehead atoms. The van der Waals surface area contributed by atoms with Crippen LogP contribution in [0.5, 0.6) is 0 Å². The highest BCUT2D eigenvalue weighted by Gasteiger charge is 2.34. The molecule has 0 radical (unpaired) electrons. The number of carbonyl (C=O) groups excluding carboxylic acids is 3. The predicted octanol–water partition coefficient (Wildman–Crippen LogP) is 3.46. The van der Waals surface area contributed by atoms with E-state index < -0.39 is 17.9 Å². The molecule has 5 N–H and O–H groups in total. The van der Waals surface area contributed by atoms with Crippen LogP contribution in [0, 0.1) is 5.92 Å². The first kappa shape index (κ1) is 24.6. The Bertz CT molecular complexity index is 930. The van der Waals surface area contributed by atoms with Crippen LogP contribution in [0.2, 0.25) is 5.02 Å². The Labute approximate surface area is 191 Å². The number of rotatable bonds is 10. The minimum absolute atomic E-state index is 0.0554. The number of hydrogen-bond acceptors (Lipinski definition) is 6. The number of benzene rings is 1. The Hall–Kier alpha value is -2.65. The lowest BCUT2D eigenvalue weighted by atomic mass is 10.1. The van der Waals surface area contributed by atoms with Gasteiger partial charge in [0.15, 0.2) is 5.69 Å². The Morgan fingerprint density at radius 3 is 2.35 bits per heavy atom. The van der Waals surface area contributed by atoms with Gasteiger partial charge in [0.2, 0.25) is 5.91 Å². The maximum atomic E-state index is 13.5. The molecule has 8 nitrogen and oxygen atoms in total. The summed E-state index contributed by atoms with van der Waals surface area (Å²) in [5, 5.41) is 3.43. The number of halogens is 1. The van der Waals surface area contributed by atoms with Crippen molar-refractivity contribution in [3.05, 3.63) is 39.9 Å². The smallest absolute Gasteiger partial charge is 0.272 e. The van der Waals surface area contributed by atoms with Gasteiger partial charge >= 0.3 is 0 Å². The highest BCUT2D eigenvalue weighted by atomic mass is 35.5. The molecule has 0 saturated heterocycles. The lowest BCUT2D eigenvalue weighted by Gasteiger charge is -2.31. The summed E-state index contributed by atoms with van der Waals surface area (Å²) < 4.78 is 3.92. The molecule has 0 unspecified atom stereocenters. The van der Waals surface area contributed by atoms with Gasteiger partial charge in [0.05, 0.1) is 5.69 Å². The van der Waals surface area contributed by atoms with E-state index in [1.165, 1.54) is 4.90 Å². The number of nitrogens with one attached hydrogen (secondary N) is 1. The second kappa shape index (κ2) is 11.1. The van der Waals surface area contributed by atoms with Crippen molar-refractivity contribution in [2.45, 2.75) is 46.1 Å².